The molecule has 2 aromatic heterocycles. The lowest BCUT2D eigenvalue weighted by Crippen LogP contribution is -2.34. The molecular formula is C21H17ClF4N4O3S. The third kappa shape index (κ3) is 5.62. The molecule has 1 atom stereocenters. The number of anilines is 2. The van der Waals surface area contributed by atoms with Crippen molar-refractivity contribution in [3.63, 3.8) is 0 Å². The van der Waals surface area contributed by atoms with Crippen LogP contribution in [0.1, 0.15) is 29.8 Å². The van der Waals surface area contributed by atoms with Crippen LogP contribution in [0, 0.1) is 11.7 Å². The Bertz CT molecular complexity index is 1230. The predicted molar refractivity (Wildman–Crippen MR) is 120 cm³/mol. The molecule has 1 unspecified atom stereocenters. The van der Waals surface area contributed by atoms with Crippen LogP contribution in [0.4, 0.5) is 28.5 Å². The molecule has 0 fully saturated rings. The molecule has 180 valence electrons. The monoisotopic (exact) mass is 516 g/mol. The SMILES string of the molecule is CC(C)C(Nc1ncc(C(=O)Nc2nc(-c3cccc(C(F)(F)F)c3F)cs2)cc1Cl)C(=O)O. The van der Waals surface area contributed by atoms with E-state index >= 15 is 0 Å². The standard InChI is InChI=1S/C21H17ClF4N4O3S/c1-9(2)16(19(32)33)29-17-13(22)6-10(7-27-17)18(31)30-20-28-14(8-34-20)11-4-3-5-12(15(11)23)21(24,25)26/h3-9,16H,1-2H3,(H,27,29)(H,32,33)(H,28,30,31). The molecule has 34 heavy (non-hydrogen) atoms. The van der Waals surface area contributed by atoms with Crippen molar-refractivity contribution in [3.8, 4) is 11.3 Å². The number of pyridine rings is 1. The summed E-state index contributed by atoms with van der Waals surface area (Å²) in [4.78, 5) is 31.9. The summed E-state index contributed by atoms with van der Waals surface area (Å²) in [6, 6.07) is 3.17. The summed E-state index contributed by atoms with van der Waals surface area (Å²) in [6.45, 7) is 3.41. The predicted octanol–water partition coefficient (Wildman–Crippen LogP) is 5.79. The van der Waals surface area contributed by atoms with E-state index in [9.17, 15) is 32.3 Å². The third-order valence-electron chi connectivity index (χ3n) is 4.63. The van der Waals surface area contributed by atoms with E-state index in [1.54, 1.807) is 13.8 Å². The van der Waals surface area contributed by atoms with Crippen LogP contribution < -0.4 is 10.6 Å². The molecule has 0 aliphatic heterocycles. The van der Waals surface area contributed by atoms with Gasteiger partial charge >= 0.3 is 12.1 Å². The van der Waals surface area contributed by atoms with Crippen molar-refractivity contribution < 1.29 is 32.3 Å². The van der Waals surface area contributed by atoms with E-state index in [1.807, 2.05) is 0 Å². The molecule has 0 saturated heterocycles. The first kappa shape index (κ1) is 25.4. The maximum Gasteiger partial charge on any atom is 0.419 e. The number of halogens is 5. The van der Waals surface area contributed by atoms with Crippen molar-refractivity contribution in [1.29, 1.82) is 0 Å². The number of aliphatic carboxylic acids is 1. The molecule has 1 amide bonds. The Balaban J connectivity index is 1.77. The van der Waals surface area contributed by atoms with E-state index < -0.39 is 35.5 Å². The van der Waals surface area contributed by atoms with Crippen LogP contribution in [0.5, 0.6) is 0 Å². The lowest BCUT2D eigenvalue weighted by molar-refractivity contribution is -0.140. The van der Waals surface area contributed by atoms with Gasteiger partial charge in [-0.2, -0.15) is 13.2 Å². The van der Waals surface area contributed by atoms with Crippen LogP contribution in [0.3, 0.4) is 0 Å². The van der Waals surface area contributed by atoms with Crippen LogP contribution in [0.2, 0.25) is 5.02 Å². The van der Waals surface area contributed by atoms with Gasteiger partial charge in [-0.1, -0.05) is 31.5 Å². The minimum atomic E-state index is -4.86. The van der Waals surface area contributed by atoms with E-state index in [4.69, 9.17) is 11.6 Å². The number of carbonyl (C=O) groups excluding carboxylic acids is 1. The van der Waals surface area contributed by atoms with Gasteiger partial charge in [-0.05, 0) is 24.1 Å². The summed E-state index contributed by atoms with van der Waals surface area (Å²) in [7, 11) is 0. The highest BCUT2D eigenvalue weighted by Gasteiger charge is 2.35. The molecule has 3 rings (SSSR count). The maximum atomic E-state index is 14.4. The van der Waals surface area contributed by atoms with Gasteiger partial charge in [0.05, 0.1) is 21.8 Å². The number of benzene rings is 1. The van der Waals surface area contributed by atoms with Gasteiger partial charge in [0, 0.05) is 17.1 Å². The average Bonchev–Trinajstić information content (AvgIpc) is 3.19. The van der Waals surface area contributed by atoms with Gasteiger partial charge in [0.15, 0.2) is 5.13 Å². The Morgan fingerprint density at radius 2 is 1.94 bits per heavy atom. The van der Waals surface area contributed by atoms with Crippen LogP contribution in [-0.4, -0.2) is 33.0 Å². The molecule has 0 radical (unpaired) electrons. The lowest BCUT2D eigenvalue weighted by atomic mass is 10.0. The Hall–Kier alpha value is -3.25. The fraction of sp³-hybridized carbons (Fsp3) is 0.238. The maximum absolute atomic E-state index is 14.4. The van der Waals surface area contributed by atoms with Crippen molar-refractivity contribution in [1.82, 2.24) is 9.97 Å². The van der Waals surface area contributed by atoms with Crippen LogP contribution in [-0.2, 0) is 11.0 Å². The number of thiazole rings is 1. The van der Waals surface area contributed by atoms with Gasteiger partial charge in [-0.15, -0.1) is 11.3 Å². The number of nitrogens with one attached hydrogen (secondary N) is 2. The van der Waals surface area contributed by atoms with Gasteiger partial charge in [0.25, 0.3) is 5.91 Å². The van der Waals surface area contributed by atoms with Crippen LogP contribution in [0.15, 0.2) is 35.8 Å². The van der Waals surface area contributed by atoms with Crippen LogP contribution >= 0.6 is 22.9 Å². The lowest BCUT2D eigenvalue weighted by Gasteiger charge is -2.19. The minimum absolute atomic E-state index is 0.00501. The number of carboxylic acid groups (broad SMARTS) is 1. The Labute approximate surface area is 199 Å². The van der Waals surface area contributed by atoms with Gasteiger partial charge < -0.3 is 10.4 Å². The molecule has 0 saturated carbocycles. The first-order valence-electron chi connectivity index (χ1n) is 9.66. The summed E-state index contributed by atoms with van der Waals surface area (Å²) >= 11 is 7.03. The van der Waals surface area contributed by atoms with Crippen molar-refractivity contribution in [3.05, 3.63) is 57.8 Å². The molecule has 3 aromatic rings. The van der Waals surface area contributed by atoms with E-state index in [-0.39, 0.29) is 38.7 Å². The molecule has 0 spiro atoms. The number of amides is 1. The molecule has 13 heteroatoms. The summed E-state index contributed by atoms with van der Waals surface area (Å²) in [5.74, 6) is -3.41. The molecule has 1 aromatic carbocycles. The van der Waals surface area contributed by atoms with Crippen molar-refractivity contribution >= 4 is 45.8 Å². The van der Waals surface area contributed by atoms with Crippen LogP contribution in [0.25, 0.3) is 11.3 Å². The highest BCUT2D eigenvalue weighted by molar-refractivity contribution is 7.14. The largest absolute Gasteiger partial charge is 0.480 e. The zero-order chi connectivity index (χ0) is 25.2. The second-order valence-corrected chi connectivity index (χ2v) is 8.68. The minimum Gasteiger partial charge on any atom is -0.480 e. The highest BCUT2D eigenvalue weighted by Crippen LogP contribution is 2.36. The fourth-order valence-electron chi connectivity index (χ4n) is 2.90. The molecule has 0 aliphatic carbocycles. The molecule has 2 heterocycles. The van der Waals surface area contributed by atoms with Crippen molar-refractivity contribution in [2.45, 2.75) is 26.1 Å². The van der Waals surface area contributed by atoms with Crippen molar-refractivity contribution in [2.75, 3.05) is 10.6 Å². The van der Waals surface area contributed by atoms with E-state index in [0.29, 0.717) is 6.07 Å². The van der Waals surface area contributed by atoms with E-state index in [2.05, 4.69) is 20.6 Å². The zero-order valence-electron chi connectivity index (χ0n) is 17.6. The second-order valence-electron chi connectivity index (χ2n) is 7.42. The average molecular weight is 517 g/mol. The van der Waals surface area contributed by atoms with Gasteiger partial charge in [-0.25, -0.2) is 19.2 Å². The molecule has 0 aliphatic rings. The van der Waals surface area contributed by atoms with Gasteiger partial charge in [0.2, 0.25) is 0 Å². The molecule has 3 N–H and O–H groups in total. The number of rotatable bonds is 7. The number of alkyl halides is 3. The normalized spacial score (nSPS) is 12.5. The number of carboxylic acids is 1. The van der Waals surface area contributed by atoms with Gasteiger partial charge in [0.1, 0.15) is 17.7 Å². The summed E-state index contributed by atoms with van der Waals surface area (Å²) in [5.41, 5.74) is -1.83. The third-order valence-corrected chi connectivity index (χ3v) is 5.68. The number of hydrogen-bond acceptors (Lipinski definition) is 6. The smallest absolute Gasteiger partial charge is 0.419 e. The summed E-state index contributed by atoms with van der Waals surface area (Å²) < 4.78 is 53.2. The summed E-state index contributed by atoms with van der Waals surface area (Å²) in [5, 5.41) is 15.8. The quantitative estimate of drug-likeness (QED) is 0.343. The zero-order valence-corrected chi connectivity index (χ0v) is 19.1. The number of nitrogens with zero attached hydrogens (tertiary/aromatic N) is 2. The fourth-order valence-corrected chi connectivity index (χ4v) is 3.83. The molecule has 7 nitrogen and oxygen atoms in total. The van der Waals surface area contributed by atoms with Gasteiger partial charge in [-0.3, -0.25) is 10.1 Å². The second kappa shape index (κ2) is 9.94. The number of hydrogen-bond donors (Lipinski definition) is 3. The number of carbonyl (C=O) groups is 2. The first-order valence-corrected chi connectivity index (χ1v) is 10.9. The summed E-state index contributed by atoms with van der Waals surface area (Å²) in [6.07, 6.45) is -3.69. The first-order chi connectivity index (χ1) is 15.9. The van der Waals surface area contributed by atoms with E-state index in [1.165, 1.54) is 17.6 Å². The van der Waals surface area contributed by atoms with Crippen molar-refractivity contribution in [2.24, 2.45) is 5.92 Å². The highest BCUT2D eigenvalue weighted by atomic mass is 35.5. The Morgan fingerprint density at radius 1 is 1.24 bits per heavy atom. The topological polar surface area (TPSA) is 104 Å². The number of aromatic nitrogens is 2. The molecule has 0 bridgehead atoms. The Kier molecular flexibility index (Phi) is 7.41. The van der Waals surface area contributed by atoms with E-state index in [0.717, 1.165) is 23.5 Å². The molecular weight excluding hydrogens is 500 g/mol. The Morgan fingerprint density at radius 3 is 2.53 bits per heavy atom.